The molecule has 0 spiro atoms. The summed E-state index contributed by atoms with van der Waals surface area (Å²) in [6, 6.07) is 4.41. The van der Waals surface area contributed by atoms with Crippen LogP contribution in [0.25, 0.3) is 11.1 Å². The Morgan fingerprint density at radius 1 is 1.28 bits per heavy atom. The standard InChI is InChI=1S/C13H11FN2O2/c1-8(17)9-3-4-12(14)11(5-9)10-6-15-13(18-2)16-7-10/h3-7H,1-2H3. The summed E-state index contributed by atoms with van der Waals surface area (Å²) in [6.07, 6.45) is 2.91. The van der Waals surface area contributed by atoms with Crippen LogP contribution in [-0.2, 0) is 0 Å². The minimum atomic E-state index is -0.422. The average Bonchev–Trinajstić information content (AvgIpc) is 2.39. The van der Waals surface area contributed by atoms with Crippen molar-refractivity contribution in [3.63, 3.8) is 0 Å². The molecule has 0 N–H and O–H groups in total. The molecule has 0 fully saturated rings. The molecule has 0 aliphatic rings. The van der Waals surface area contributed by atoms with Gasteiger partial charge in [-0.25, -0.2) is 14.4 Å². The molecule has 1 heterocycles. The molecule has 0 unspecified atom stereocenters. The van der Waals surface area contributed by atoms with Gasteiger partial charge in [-0.05, 0) is 25.1 Å². The zero-order valence-corrected chi connectivity index (χ0v) is 9.98. The smallest absolute Gasteiger partial charge is 0.316 e. The van der Waals surface area contributed by atoms with Crippen LogP contribution in [0.15, 0.2) is 30.6 Å². The number of halogens is 1. The Bertz CT molecular complexity index is 582. The first-order valence-corrected chi connectivity index (χ1v) is 5.28. The van der Waals surface area contributed by atoms with Crippen molar-refractivity contribution >= 4 is 5.78 Å². The maximum Gasteiger partial charge on any atom is 0.316 e. The van der Waals surface area contributed by atoms with Gasteiger partial charge in [-0.1, -0.05) is 0 Å². The fourth-order valence-electron chi connectivity index (χ4n) is 1.53. The maximum absolute atomic E-state index is 13.7. The molecule has 4 nitrogen and oxygen atoms in total. The van der Waals surface area contributed by atoms with Crippen LogP contribution in [0.1, 0.15) is 17.3 Å². The summed E-state index contributed by atoms with van der Waals surface area (Å²) in [4.78, 5) is 19.1. The molecular formula is C13H11FN2O2. The van der Waals surface area contributed by atoms with Gasteiger partial charge in [0.2, 0.25) is 0 Å². The summed E-state index contributed by atoms with van der Waals surface area (Å²) in [6.45, 7) is 1.43. The molecule has 5 heteroatoms. The lowest BCUT2D eigenvalue weighted by atomic mass is 10.0. The number of aromatic nitrogens is 2. The van der Waals surface area contributed by atoms with E-state index in [1.54, 1.807) is 0 Å². The van der Waals surface area contributed by atoms with Crippen LogP contribution < -0.4 is 4.74 Å². The molecule has 2 aromatic rings. The van der Waals surface area contributed by atoms with Crippen LogP contribution in [0.5, 0.6) is 6.01 Å². The van der Waals surface area contributed by atoms with Gasteiger partial charge >= 0.3 is 6.01 Å². The van der Waals surface area contributed by atoms with Crippen molar-refractivity contribution in [1.82, 2.24) is 9.97 Å². The predicted octanol–water partition coefficient (Wildman–Crippen LogP) is 2.49. The number of benzene rings is 1. The maximum atomic E-state index is 13.7. The van der Waals surface area contributed by atoms with E-state index in [1.807, 2.05) is 0 Å². The number of hydrogen-bond donors (Lipinski definition) is 0. The van der Waals surface area contributed by atoms with Crippen LogP contribution >= 0.6 is 0 Å². The van der Waals surface area contributed by atoms with Crippen molar-refractivity contribution < 1.29 is 13.9 Å². The number of ether oxygens (including phenoxy) is 1. The van der Waals surface area contributed by atoms with E-state index in [0.29, 0.717) is 16.7 Å². The summed E-state index contributed by atoms with van der Waals surface area (Å²) in [5.74, 6) is -0.542. The highest BCUT2D eigenvalue weighted by Gasteiger charge is 2.09. The number of carbonyl (C=O) groups is 1. The summed E-state index contributed by atoms with van der Waals surface area (Å²) in [5.41, 5.74) is 1.24. The highest BCUT2D eigenvalue weighted by molar-refractivity contribution is 5.95. The van der Waals surface area contributed by atoms with Crippen molar-refractivity contribution in [2.75, 3.05) is 7.11 Å². The molecule has 0 amide bonds. The quantitative estimate of drug-likeness (QED) is 0.781. The van der Waals surface area contributed by atoms with Crippen LogP contribution in [-0.4, -0.2) is 22.9 Å². The highest BCUT2D eigenvalue weighted by Crippen LogP contribution is 2.23. The third-order valence-electron chi connectivity index (χ3n) is 2.49. The van der Waals surface area contributed by atoms with Crippen LogP contribution in [0.3, 0.4) is 0 Å². The number of hydrogen-bond acceptors (Lipinski definition) is 4. The fourth-order valence-corrected chi connectivity index (χ4v) is 1.53. The molecule has 92 valence electrons. The summed E-state index contributed by atoms with van der Waals surface area (Å²) < 4.78 is 18.5. The summed E-state index contributed by atoms with van der Waals surface area (Å²) >= 11 is 0. The molecule has 2 rings (SSSR count). The largest absolute Gasteiger partial charge is 0.467 e. The van der Waals surface area contributed by atoms with Gasteiger partial charge in [0.1, 0.15) is 5.82 Å². The predicted molar refractivity (Wildman–Crippen MR) is 64.0 cm³/mol. The van der Waals surface area contributed by atoms with Gasteiger partial charge in [-0.2, -0.15) is 0 Å². The lowest BCUT2D eigenvalue weighted by Crippen LogP contribution is -1.96. The number of rotatable bonds is 3. The Morgan fingerprint density at radius 3 is 2.50 bits per heavy atom. The van der Waals surface area contributed by atoms with E-state index < -0.39 is 5.82 Å². The van der Waals surface area contributed by atoms with Gasteiger partial charge in [-0.15, -0.1) is 0 Å². The van der Waals surface area contributed by atoms with Gasteiger partial charge in [0, 0.05) is 29.1 Å². The Kier molecular flexibility index (Phi) is 3.32. The molecule has 0 atom stereocenters. The lowest BCUT2D eigenvalue weighted by molar-refractivity contribution is 0.101. The van der Waals surface area contributed by atoms with Gasteiger partial charge in [0.05, 0.1) is 7.11 Å². The van der Waals surface area contributed by atoms with Crippen molar-refractivity contribution in [2.45, 2.75) is 6.92 Å². The van der Waals surface area contributed by atoms with Gasteiger partial charge in [-0.3, -0.25) is 4.79 Å². The second-order valence-corrected chi connectivity index (χ2v) is 3.71. The minimum Gasteiger partial charge on any atom is -0.467 e. The van der Waals surface area contributed by atoms with Crippen molar-refractivity contribution in [3.8, 4) is 17.1 Å². The minimum absolute atomic E-state index is 0.120. The Morgan fingerprint density at radius 2 is 1.94 bits per heavy atom. The number of carbonyl (C=O) groups excluding carboxylic acids is 1. The molecule has 0 saturated carbocycles. The second-order valence-electron chi connectivity index (χ2n) is 3.71. The first-order valence-electron chi connectivity index (χ1n) is 5.28. The number of methoxy groups -OCH3 is 1. The van der Waals surface area contributed by atoms with E-state index in [-0.39, 0.29) is 11.8 Å². The van der Waals surface area contributed by atoms with Crippen LogP contribution in [0.4, 0.5) is 4.39 Å². The zero-order chi connectivity index (χ0) is 13.1. The third kappa shape index (κ3) is 2.34. The van der Waals surface area contributed by atoms with E-state index >= 15 is 0 Å². The molecule has 0 bridgehead atoms. The topological polar surface area (TPSA) is 52.1 Å². The molecule has 0 saturated heterocycles. The lowest BCUT2D eigenvalue weighted by Gasteiger charge is -2.05. The molecular weight excluding hydrogens is 235 g/mol. The second kappa shape index (κ2) is 4.91. The number of ketones is 1. The molecule has 1 aromatic heterocycles. The third-order valence-corrected chi connectivity index (χ3v) is 2.49. The van der Waals surface area contributed by atoms with Crippen LogP contribution in [0, 0.1) is 5.82 Å². The van der Waals surface area contributed by atoms with E-state index in [4.69, 9.17) is 4.74 Å². The molecule has 0 aliphatic carbocycles. The average molecular weight is 246 g/mol. The van der Waals surface area contributed by atoms with Crippen molar-refractivity contribution in [3.05, 3.63) is 42.0 Å². The van der Waals surface area contributed by atoms with Gasteiger partial charge in [0.25, 0.3) is 0 Å². The van der Waals surface area contributed by atoms with Gasteiger partial charge in [0.15, 0.2) is 5.78 Å². The first kappa shape index (κ1) is 12.2. The first-order chi connectivity index (χ1) is 8.61. The number of nitrogens with zero attached hydrogens (tertiary/aromatic N) is 2. The Balaban J connectivity index is 2.48. The van der Waals surface area contributed by atoms with E-state index in [2.05, 4.69) is 9.97 Å². The summed E-state index contributed by atoms with van der Waals surface area (Å²) in [5, 5.41) is 0. The monoisotopic (exact) mass is 246 g/mol. The zero-order valence-electron chi connectivity index (χ0n) is 9.98. The molecule has 1 aromatic carbocycles. The van der Waals surface area contributed by atoms with E-state index in [1.165, 1.54) is 44.6 Å². The molecule has 18 heavy (non-hydrogen) atoms. The SMILES string of the molecule is COc1ncc(-c2cc(C(C)=O)ccc2F)cn1. The number of Topliss-reactive ketones (excluding diaryl/α,β-unsaturated/α-hetero) is 1. The highest BCUT2D eigenvalue weighted by atomic mass is 19.1. The van der Waals surface area contributed by atoms with Crippen molar-refractivity contribution in [2.24, 2.45) is 0 Å². The van der Waals surface area contributed by atoms with Crippen molar-refractivity contribution in [1.29, 1.82) is 0 Å². The Hall–Kier alpha value is -2.30. The molecule has 0 radical (unpaired) electrons. The fraction of sp³-hybridized carbons (Fsp3) is 0.154. The Labute approximate surface area is 103 Å². The van der Waals surface area contributed by atoms with E-state index in [0.717, 1.165) is 0 Å². The normalized spacial score (nSPS) is 10.2. The summed E-state index contributed by atoms with van der Waals surface area (Å²) in [7, 11) is 1.45. The van der Waals surface area contributed by atoms with E-state index in [9.17, 15) is 9.18 Å². The van der Waals surface area contributed by atoms with Gasteiger partial charge < -0.3 is 4.74 Å². The van der Waals surface area contributed by atoms with Crippen LogP contribution in [0.2, 0.25) is 0 Å². The molecule has 0 aliphatic heterocycles.